The van der Waals surface area contributed by atoms with Gasteiger partial charge < -0.3 is 34.9 Å². The van der Waals surface area contributed by atoms with Crippen LogP contribution < -0.4 is 25.0 Å². The number of aromatic nitrogens is 3. The van der Waals surface area contributed by atoms with Crippen LogP contribution in [0.15, 0.2) is 67.0 Å². The minimum atomic E-state index is -3.12. The summed E-state index contributed by atoms with van der Waals surface area (Å²) in [5.74, 6) is 0.531. The Bertz CT molecular complexity index is 1850. The van der Waals surface area contributed by atoms with Gasteiger partial charge in [0, 0.05) is 19.6 Å². The van der Waals surface area contributed by atoms with Gasteiger partial charge in [0.2, 0.25) is 5.88 Å². The van der Waals surface area contributed by atoms with Crippen molar-refractivity contribution in [3.63, 3.8) is 0 Å². The molecule has 2 aromatic heterocycles. The maximum Gasteiger partial charge on any atom is 0.407 e. The molecule has 5 rings (SSSR count). The van der Waals surface area contributed by atoms with Crippen LogP contribution in [0.25, 0.3) is 10.9 Å². The van der Waals surface area contributed by atoms with Gasteiger partial charge in [-0.3, -0.25) is 0 Å². The molecule has 266 valence electrons. The number of carbonyl (C=O) groups excluding carboxylic acids is 1. The number of amides is 1. The SMILES string of the molecule is C[C@@H](Nc1ncnc2c(OCC(=O)O)nc(N3CCS(=O)(=O)CC3)cc12)c1cccc(OCCCCCCNC(=O)OCc2ccccc2)c1. The summed E-state index contributed by atoms with van der Waals surface area (Å²) >= 11 is 0. The molecule has 1 saturated heterocycles. The molecule has 14 nitrogen and oxygen atoms in total. The molecule has 50 heavy (non-hydrogen) atoms. The Balaban J connectivity index is 1.12. The molecule has 0 aliphatic carbocycles. The Labute approximate surface area is 291 Å². The molecule has 0 radical (unpaired) electrons. The Morgan fingerprint density at radius 2 is 1.74 bits per heavy atom. The number of fused-ring (bicyclic) bond motifs is 1. The van der Waals surface area contributed by atoms with Gasteiger partial charge >= 0.3 is 12.1 Å². The molecule has 1 aliphatic rings. The van der Waals surface area contributed by atoms with Gasteiger partial charge in [-0.25, -0.2) is 28.0 Å². The van der Waals surface area contributed by atoms with Crippen molar-refractivity contribution < 1.29 is 37.3 Å². The first-order valence-electron chi connectivity index (χ1n) is 16.6. The molecule has 4 aromatic rings. The molecule has 0 unspecified atom stereocenters. The van der Waals surface area contributed by atoms with E-state index in [4.69, 9.17) is 14.2 Å². The van der Waals surface area contributed by atoms with Crippen LogP contribution in [0.5, 0.6) is 11.6 Å². The van der Waals surface area contributed by atoms with Crippen molar-refractivity contribution >= 4 is 44.4 Å². The quantitative estimate of drug-likeness (QED) is 0.128. The summed E-state index contributed by atoms with van der Waals surface area (Å²) in [4.78, 5) is 38.3. The van der Waals surface area contributed by atoms with E-state index < -0.39 is 28.5 Å². The van der Waals surface area contributed by atoms with Crippen molar-refractivity contribution in [3.05, 3.63) is 78.1 Å². The zero-order valence-corrected chi connectivity index (χ0v) is 28.7. The molecular weight excluding hydrogens is 664 g/mol. The van der Waals surface area contributed by atoms with Crippen molar-refractivity contribution in [3.8, 4) is 11.6 Å². The van der Waals surface area contributed by atoms with Gasteiger partial charge in [-0.2, -0.15) is 4.98 Å². The lowest BCUT2D eigenvalue weighted by atomic mass is 10.1. The number of sulfone groups is 1. The van der Waals surface area contributed by atoms with Crippen molar-refractivity contribution in [1.82, 2.24) is 20.3 Å². The second kappa shape index (κ2) is 17.5. The largest absolute Gasteiger partial charge is 0.494 e. The normalized spacial score (nSPS) is 14.5. The first-order chi connectivity index (χ1) is 24.2. The molecule has 0 spiro atoms. The molecule has 1 fully saturated rings. The second-order valence-corrected chi connectivity index (χ2v) is 14.2. The van der Waals surface area contributed by atoms with Crippen LogP contribution in [-0.4, -0.2) is 84.9 Å². The highest BCUT2D eigenvalue weighted by molar-refractivity contribution is 7.91. The van der Waals surface area contributed by atoms with Gasteiger partial charge in [-0.15, -0.1) is 0 Å². The maximum atomic E-state index is 12.0. The number of nitrogens with one attached hydrogen (secondary N) is 2. The fourth-order valence-electron chi connectivity index (χ4n) is 5.37. The molecule has 2 aromatic carbocycles. The Morgan fingerprint density at radius 3 is 2.52 bits per heavy atom. The molecule has 1 atom stereocenters. The highest BCUT2D eigenvalue weighted by Gasteiger charge is 2.25. The number of carboxylic acids is 1. The van der Waals surface area contributed by atoms with Gasteiger partial charge in [0.25, 0.3) is 0 Å². The number of nitrogens with zero attached hydrogens (tertiary/aromatic N) is 4. The van der Waals surface area contributed by atoms with Crippen LogP contribution in [-0.2, 0) is 26.0 Å². The smallest absolute Gasteiger partial charge is 0.407 e. The maximum absolute atomic E-state index is 12.0. The second-order valence-electron chi connectivity index (χ2n) is 11.9. The average molecular weight is 707 g/mol. The van der Waals surface area contributed by atoms with Gasteiger partial charge in [-0.1, -0.05) is 55.3 Å². The summed E-state index contributed by atoms with van der Waals surface area (Å²) in [5, 5.41) is 16.0. The molecule has 3 heterocycles. The third-order valence-corrected chi connectivity index (χ3v) is 9.72. The predicted octanol–water partition coefficient (Wildman–Crippen LogP) is 4.76. The molecular formula is C35H42N6O8S. The predicted molar refractivity (Wildman–Crippen MR) is 188 cm³/mol. The van der Waals surface area contributed by atoms with Crippen molar-refractivity contribution in [2.45, 2.75) is 45.3 Å². The van der Waals surface area contributed by atoms with Crippen LogP contribution in [0.4, 0.5) is 16.4 Å². The van der Waals surface area contributed by atoms with E-state index in [2.05, 4.69) is 25.6 Å². The lowest BCUT2D eigenvalue weighted by Crippen LogP contribution is -2.40. The van der Waals surface area contributed by atoms with Crippen LogP contribution in [0, 0.1) is 0 Å². The van der Waals surface area contributed by atoms with Crippen LogP contribution in [0.3, 0.4) is 0 Å². The van der Waals surface area contributed by atoms with Gasteiger partial charge in [0.05, 0.1) is 29.5 Å². The number of pyridine rings is 1. The standard InChI is InChI=1S/C35H42N6O8S/c1-25(27-12-9-13-28(20-27)47-17-8-3-2-7-14-36-35(44)49-22-26-10-5-4-6-11-26)39-33-29-21-30(41-15-18-50(45,46)19-16-41)40-34(48-23-31(42)43)32(29)37-24-38-33/h4-6,9-13,20-21,24-25H,2-3,7-8,14-19,22-23H2,1H3,(H,36,44)(H,42,43)(H,37,38,39)/t25-/m1/s1. The van der Waals surface area contributed by atoms with E-state index in [9.17, 15) is 23.1 Å². The Kier molecular flexibility index (Phi) is 12.6. The van der Waals surface area contributed by atoms with Crippen LogP contribution >= 0.6 is 0 Å². The minimum Gasteiger partial charge on any atom is -0.494 e. The van der Waals surface area contributed by atoms with E-state index in [1.165, 1.54) is 6.33 Å². The monoisotopic (exact) mass is 706 g/mol. The van der Waals surface area contributed by atoms with E-state index in [0.717, 1.165) is 42.6 Å². The summed E-state index contributed by atoms with van der Waals surface area (Å²) in [7, 11) is -3.12. The molecule has 0 saturated carbocycles. The number of alkyl carbamates (subject to hydrolysis) is 1. The number of unbranched alkanes of at least 4 members (excludes halogenated alkanes) is 3. The van der Waals surface area contributed by atoms with E-state index in [0.29, 0.717) is 35.7 Å². The first kappa shape index (κ1) is 36.1. The van der Waals surface area contributed by atoms with Crippen molar-refractivity contribution in [2.75, 3.05) is 54.6 Å². The fraction of sp³-hybridized carbons (Fsp3) is 0.400. The average Bonchev–Trinajstić information content (AvgIpc) is 3.11. The van der Waals surface area contributed by atoms with Gasteiger partial charge in [0.15, 0.2) is 16.4 Å². The summed E-state index contributed by atoms with van der Waals surface area (Å²) in [6.07, 6.45) is 4.57. The zero-order chi connectivity index (χ0) is 35.3. The number of hydrogen-bond acceptors (Lipinski definition) is 12. The third kappa shape index (κ3) is 10.7. The van der Waals surface area contributed by atoms with E-state index in [1.54, 1.807) is 6.07 Å². The third-order valence-electron chi connectivity index (χ3n) is 8.11. The van der Waals surface area contributed by atoms with E-state index in [-0.39, 0.29) is 43.1 Å². The minimum absolute atomic E-state index is 0.00469. The van der Waals surface area contributed by atoms with E-state index in [1.807, 2.05) is 66.4 Å². The van der Waals surface area contributed by atoms with Crippen molar-refractivity contribution in [1.29, 1.82) is 0 Å². The highest BCUT2D eigenvalue weighted by atomic mass is 32.2. The summed E-state index contributed by atoms with van der Waals surface area (Å²) in [6, 6.07) is 18.9. The first-order valence-corrected chi connectivity index (χ1v) is 18.4. The Hall–Kier alpha value is -5.18. The topological polar surface area (TPSA) is 182 Å². The number of hydrogen-bond donors (Lipinski definition) is 3. The van der Waals surface area contributed by atoms with Crippen LogP contribution in [0.1, 0.15) is 49.8 Å². The van der Waals surface area contributed by atoms with Crippen LogP contribution in [0.2, 0.25) is 0 Å². The number of anilines is 2. The molecule has 15 heteroatoms. The lowest BCUT2D eigenvalue weighted by molar-refractivity contribution is -0.139. The summed E-state index contributed by atoms with van der Waals surface area (Å²) in [5.41, 5.74) is 2.24. The highest BCUT2D eigenvalue weighted by Crippen LogP contribution is 2.33. The number of benzene rings is 2. The summed E-state index contributed by atoms with van der Waals surface area (Å²) in [6.45, 7) is 3.24. The lowest BCUT2D eigenvalue weighted by Gasteiger charge is -2.28. The number of ether oxygens (including phenoxy) is 3. The number of rotatable bonds is 17. The fourth-order valence-corrected chi connectivity index (χ4v) is 6.57. The van der Waals surface area contributed by atoms with Gasteiger partial charge in [-0.05, 0) is 49.1 Å². The molecule has 1 amide bonds. The van der Waals surface area contributed by atoms with Gasteiger partial charge in [0.1, 0.15) is 35.8 Å². The van der Waals surface area contributed by atoms with E-state index >= 15 is 0 Å². The molecule has 3 N–H and O–H groups in total. The Morgan fingerprint density at radius 1 is 0.960 bits per heavy atom. The molecule has 0 bridgehead atoms. The summed E-state index contributed by atoms with van der Waals surface area (Å²) < 4.78 is 40.8. The number of carboxylic acid groups (broad SMARTS) is 1. The number of aliphatic carboxylic acids is 1. The van der Waals surface area contributed by atoms with Crippen molar-refractivity contribution in [2.24, 2.45) is 0 Å². The zero-order valence-electron chi connectivity index (χ0n) is 27.9. The number of carbonyl (C=O) groups is 2. The molecule has 1 aliphatic heterocycles.